The summed E-state index contributed by atoms with van der Waals surface area (Å²) in [5, 5.41) is 3.18. The smallest absolute Gasteiger partial charge is 0.219 e. The van der Waals surface area contributed by atoms with E-state index in [9.17, 15) is 4.79 Å². The number of nitrogens with two attached hydrogens (primary N) is 1. The Hall–Kier alpha value is -0.300. The van der Waals surface area contributed by atoms with Crippen LogP contribution in [-0.2, 0) is 9.63 Å². The van der Waals surface area contributed by atoms with Gasteiger partial charge in [-0.3, -0.25) is 4.79 Å². The second-order valence-corrected chi connectivity index (χ2v) is 2.49. The fourth-order valence-corrected chi connectivity index (χ4v) is 0.980. The highest BCUT2D eigenvalue weighted by molar-refractivity contribution is 7.59. The van der Waals surface area contributed by atoms with Crippen molar-refractivity contribution in [1.82, 2.24) is 10.2 Å². The van der Waals surface area contributed by atoms with Gasteiger partial charge in [0.25, 0.3) is 0 Å². The summed E-state index contributed by atoms with van der Waals surface area (Å²) < 4.78 is 0. The SMILES string of the molecule is CC(=O)N1CCNCC1.CON.S. The minimum absolute atomic E-state index is 0. The molecule has 1 aliphatic heterocycles. The van der Waals surface area contributed by atoms with Crippen molar-refractivity contribution in [3.8, 4) is 0 Å². The molecule has 0 aliphatic carbocycles. The van der Waals surface area contributed by atoms with Crippen LogP contribution >= 0.6 is 13.5 Å². The molecule has 0 saturated carbocycles. The summed E-state index contributed by atoms with van der Waals surface area (Å²) in [5.74, 6) is 4.54. The molecule has 80 valence electrons. The molecular weight excluding hydrogens is 190 g/mol. The zero-order valence-corrected chi connectivity index (χ0v) is 9.17. The van der Waals surface area contributed by atoms with Crippen molar-refractivity contribution >= 4 is 19.4 Å². The third-order valence-corrected chi connectivity index (χ3v) is 1.56. The summed E-state index contributed by atoms with van der Waals surface area (Å²) in [6.45, 7) is 5.25. The molecule has 1 fully saturated rings. The van der Waals surface area contributed by atoms with Crippen molar-refractivity contribution in [2.45, 2.75) is 6.92 Å². The van der Waals surface area contributed by atoms with Gasteiger partial charge in [-0.25, -0.2) is 5.90 Å². The normalized spacial score (nSPS) is 15.2. The maximum absolute atomic E-state index is 10.7. The minimum Gasteiger partial charge on any atom is -0.340 e. The number of amides is 1. The van der Waals surface area contributed by atoms with Gasteiger partial charge in [-0.2, -0.15) is 13.5 Å². The van der Waals surface area contributed by atoms with Crippen LogP contribution in [-0.4, -0.2) is 44.1 Å². The lowest BCUT2D eigenvalue weighted by molar-refractivity contribution is -0.129. The zero-order valence-electron chi connectivity index (χ0n) is 8.17. The fraction of sp³-hybridized carbons (Fsp3) is 0.857. The van der Waals surface area contributed by atoms with E-state index in [0.717, 1.165) is 26.2 Å². The first-order valence-electron chi connectivity index (χ1n) is 3.91. The molecule has 1 amide bonds. The fourth-order valence-electron chi connectivity index (χ4n) is 0.980. The first-order chi connectivity index (χ1) is 5.72. The van der Waals surface area contributed by atoms with E-state index in [2.05, 4.69) is 16.1 Å². The van der Waals surface area contributed by atoms with Crippen LogP contribution in [0.1, 0.15) is 6.92 Å². The van der Waals surface area contributed by atoms with E-state index in [4.69, 9.17) is 0 Å². The lowest BCUT2D eigenvalue weighted by atomic mass is 10.4. The molecule has 0 aromatic carbocycles. The number of hydrogen-bond donors (Lipinski definition) is 2. The van der Waals surface area contributed by atoms with E-state index in [-0.39, 0.29) is 19.4 Å². The van der Waals surface area contributed by atoms with E-state index in [0.29, 0.717) is 0 Å². The van der Waals surface area contributed by atoms with Crippen molar-refractivity contribution in [1.29, 1.82) is 0 Å². The third-order valence-electron chi connectivity index (χ3n) is 1.56. The molecule has 0 spiro atoms. The molecule has 3 N–H and O–H groups in total. The van der Waals surface area contributed by atoms with E-state index in [1.165, 1.54) is 7.11 Å². The number of rotatable bonds is 0. The first kappa shape index (κ1) is 15.2. The Morgan fingerprint density at radius 1 is 1.46 bits per heavy atom. The van der Waals surface area contributed by atoms with Crippen molar-refractivity contribution in [2.75, 3.05) is 33.3 Å². The van der Waals surface area contributed by atoms with Crippen molar-refractivity contribution < 1.29 is 9.63 Å². The monoisotopic (exact) mass is 209 g/mol. The Kier molecular flexibility index (Phi) is 11.4. The maximum Gasteiger partial charge on any atom is 0.219 e. The van der Waals surface area contributed by atoms with Crippen LogP contribution in [0.5, 0.6) is 0 Å². The van der Waals surface area contributed by atoms with Crippen molar-refractivity contribution in [2.24, 2.45) is 5.90 Å². The van der Waals surface area contributed by atoms with E-state index >= 15 is 0 Å². The predicted molar refractivity (Wildman–Crippen MR) is 56.7 cm³/mol. The molecule has 6 heteroatoms. The second kappa shape index (κ2) is 9.79. The predicted octanol–water partition coefficient (Wildman–Crippen LogP) is -0.943. The van der Waals surface area contributed by atoms with Crippen LogP contribution in [0.15, 0.2) is 0 Å². The lowest BCUT2D eigenvalue weighted by Crippen LogP contribution is -2.45. The van der Waals surface area contributed by atoms with Gasteiger partial charge < -0.3 is 15.1 Å². The molecule has 1 heterocycles. The van der Waals surface area contributed by atoms with Crippen LogP contribution < -0.4 is 11.2 Å². The Balaban J connectivity index is 0. The number of hydrogen-bond acceptors (Lipinski definition) is 4. The largest absolute Gasteiger partial charge is 0.340 e. The standard InChI is InChI=1S/C6H12N2O.CH5NO.H2S/c1-6(9)8-4-2-7-3-5-8;1-3-2;/h7H,2-5H2,1H3;2H2,1H3;1H2. The molecule has 1 aliphatic rings. The average molecular weight is 209 g/mol. The van der Waals surface area contributed by atoms with Gasteiger partial charge in [0.2, 0.25) is 5.91 Å². The van der Waals surface area contributed by atoms with Crippen LogP contribution in [0.3, 0.4) is 0 Å². The highest BCUT2D eigenvalue weighted by Gasteiger charge is 2.10. The molecule has 0 unspecified atom stereocenters. The first-order valence-corrected chi connectivity index (χ1v) is 3.91. The quantitative estimate of drug-likeness (QED) is 0.505. The summed E-state index contributed by atoms with van der Waals surface area (Å²) in [5.41, 5.74) is 0. The van der Waals surface area contributed by atoms with Crippen LogP contribution in [0.2, 0.25) is 0 Å². The molecule has 0 radical (unpaired) electrons. The molecule has 0 bridgehead atoms. The van der Waals surface area contributed by atoms with Gasteiger partial charge in [0.05, 0.1) is 7.11 Å². The molecule has 5 nitrogen and oxygen atoms in total. The lowest BCUT2D eigenvalue weighted by Gasteiger charge is -2.25. The van der Waals surface area contributed by atoms with Gasteiger partial charge in [0.15, 0.2) is 0 Å². The highest BCUT2D eigenvalue weighted by Crippen LogP contribution is 1.90. The molecular formula is C7H19N3O2S. The molecule has 1 saturated heterocycles. The van der Waals surface area contributed by atoms with Gasteiger partial charge in [-0.15, -0.1) is 0 Å². The van der Waals surface area contributed by atoms with Gasteiger partial charge in [-0.05, 0) is 0 Å². The molecule has 0 aromatic heterocycles. The number of carbonyl (C=O) groups is 1. The Bertz CT molecular complexity index is 129. The van der Waals surface area contributed by atoms with Crippen LogP contribution in [0, 0.1) is 0 Å². The van der Waals surface area contributed by atoms with Gasteiger partial charge >= 0.3 is 0 Å². The number of nitrogens with one attached hydrogen (secondary N) is 1. The average Bonchev–Trinajstić information content (AvgIpc) is 2.07. The summed E-state index contributed by atoms with van der Waals surface area (Å²) in [6.07, 6.45) is 0. The minimum atomic E-state index is 0. The summed E-state index contributed by atoms with van der Waals surface area (Å²) in [7, 11) is 1.40. The topological polar surface area (TPSA) is 67.6 Å². The Morgan fingerprint density at radius 2 is 1.85 bits per heavy atom. The molecule has 13 heavy (non-hydrogen) atoms. The van der Waals surface area contributed by atoms with E-state index < -0.39 is 0 Å². The summed E-state index contributed by atoms with van der Waals surface area (Å²) in [4.78, 5) is 16.3. The zero-order chi connectivity index (χ0) is 9.40. The Labute approximate surface area is 86.0 Å². The van der Waals surface area contributed by atoms with Crippen LogP contribution in [0.4, 0.5) is 0 Å². The highest BCUT2D eigenvalue weighted by atomic mass is 32.1. The third kappa shape index (κ3) is 8.04. The number of nitrogens with zero attached hydrogens (tertiary/aromatic N) is 1. The molecule has 0 aromatic rings. The molecule has 0 atom stereocenters. The van der Waals surface area contributed by atoms with Crippen molar-refractivity contribution in [3.05, 3.63) is 0 Å². The molecule has 1 rings (SSSR count). The van der Waals surface area contributed by atoms with Gasteiger partial charge in [0.1, 0.15) is 0 Å². The number of piperazine rings is 1. The van der Waals surface area contributed by atoms with Crippen LogP contribution in [0.25, 0.3) is 0 Å². The second-order valence-electron chi connectivity index (χ2n) is 2.49. The summed E-state index contributed by atoms with van der Waals surface area (Å²) in [6, 6.07) is 0. The van der Waals surface area contributed by atoms with E-state index in [1.807, 2.05) is 4.90 Å². The van der Waals surface area contributed by atoms with Crippen molar-refractivity contribution in [3.63, 3.8) is 0 Å². The maximum atomic E-state index is 10.7. The Morgan fingerprint density at radius 3 is 2.08 bits per heavy atom. The number of carbonyl (C=O) groups excluding carboxylic acids is 1. The van der Waals surface area contributed by atoms with Gasteiger partial charge in [-0.1, -0.05) is 0 Å². The van der Waals surface area contributed by atoms with Gasteiger partial charge in [0, 0.05) is 33.1 Å². The van der Waals surface area contributed by atoms with E-state index in [1.54, 1.807) is 6.92 Å². The summed E-state index contributed by atoms with van der Waals surface area (Å²) >= 11 is 0.